The molecule has 120 valence electrons. The van der Waals surface area contributed by atoms with Crippen LogP contribution in [0.25, 0.3) is 0 Å². The summed E-state index contributed by atoms with van der Waals surface area (Å²) < 4.78 is 11.6. The molecule has 5 nitrogen and oxygen atoms in total. The molecule has 2 aliphatic rings. The number of hydrogen-bond acceptors (Lipinski definition) is 4. The van der Waals surface area contributed by atoms with Gasteiger partial charge in [0, 0.05) is 19.1 Å². The lowest BCUT2D eigenvalue weighted by atomic mass is 9.90. The fraction of sp³-hybridized carbons (Fsp3) is 0.588. The van der Waals surface area contributed by atoms with Crippen LogP contribution in [0.5, 0.6) is 5.75 Å². The van der Waals surface area contributed by atoms with Crippen molar-refractivity contribution in [1.29, 1.82) is 0 Å². The molecule has 1 heterocycles. The van der Waals surface area contributed by atoms with Crippen molar-refractivity contribution in [3.05, 3.63) is 29.8 Å². The van der Waals surface area contributed by atoms with Gasteiger partial charge in [-0.15, -0.1) is 0 Å². The Hall–Kier alpha value is -1.59. The molecule has 5 heteroatoms. The second-order valence-corrected chi connectivity index (χ2v) is 5.95. The first-order chi connectivity index (χ1) is 10.8. The van der Waals surface area contributed by atoms with Crippen LogP contribution in [0.15, 0.2) is 24.3 Å². The van der Waals surface area contributed by atoms with Crippen molar-refractivity contribution in [3.63, 3.8) is 0 Å². The number of fused-ring (bicyclic) bond motifs is 1. The maximum Gasteiger partial charge on any atom is 0.339 e. The quantitative estimate of drug-likeness (QED) is 0.905. The van der Waals surface area contributed by atoms with E-state index in [1.807, 2.05) is 0 Å². The second kappa shape index (κ2) is 7.11. The van der Waals surface area contributed by atoms with Crippen LogP contribution in [-0.2, 0) is 4.74 Å². The largest absolute Gasteiger partial charge is 0.491 e. The predicted molar refractivity (Wildman–Crippen MR) is 82.5 cm³/mol. The topological polar surface area (TPSA) is 59.0 Å². The summed E-state index contributed by atoms with van der Waals surface area (Å²) in [6.45, 7) is 3.05. The molecule has 1 aliphatic carbocycles. The number of carboxylic acids is 1. The molecule has 0 radical (unpaired) electrons. The Balaban J connectivity index is 1.55. The van der Waals surface area contributed by atoms with Crippen LogP contribution in [0.1, 0.15) is 36.0 Å². The Morgan fingerprint density at radius 2 is 2.14 bits per heavy atom. The predicted octanol–water partition coefficient (Wildman–Crippen LogP) is 2.41. The van der Waals surface area contributed by atoms with Gasteiger partial charge < -0.3 is 14.6 Å². The molecule has 1 N–H and O–H groups in total. The van der Waals surface area contributed by atoms with Crippen molar-refractivity contribution in [1.82, 2.24) is 4.90 Å². The van der Waals surface area contributed by atoms with Gasteiger partial charge in [0.05, 0.1) is 12.7 Å². The first-order valence-electron chi connectivity index (χ1n) is 8.06. The molecule has 0 aromatic heterocycles. The van der Waals surface area contributed by atoms with Gasteiger partial charge in [-0.2, -0.15) is 0 Å². The average molecular weight is 305 g/mol. The van der Waals surface area contributed by atoms with E-state index < -0.39 is 5.97 Å². The molecule has 1 aromatic carbocycles. The van der Waals surface area contributed by atoms with Gasteiger partial charge in [0.25, 0.3) is 0 Å². The summed E-state index contributed by atoms with van der Waals surface area (Å²) in [5.41, 5.74) is 0.222. The molecule has 1 saturated carbocycles. The number of carboxylic acid groups (broad SMARTS) is 1. The number of para-hydroxylation sites is 1. The third-order valence-electron chi connectivity index (χ3n) is 4.60. The lowest BCUT2D eigenvalue weighted by molar-refractivity contribution is -0.0901. The Morgan fingerprint density at radius 3 is 3.00 bits per heavy atom. The first-order valence-corrected chi connectivity index (χ1v) is 8.06. The third kappa shape index (κ3) is 3.42. The molecule has 0 spiro atoms. The number of morpholine rings is 1. The number of nitrogens with zero attached hydrogens (tertiary/aromatic N) is 1. The maximum atomic E-state index is 11.2. The van der Waals surface area contributed by atoms with Crippen LogP contribution in [-0.4, -0.2) is 54.4 Å². The lowest BCUT2D eigenvalue weighted by Gasteiger charge is -2.43. The van der Waals surface area contributed by atoms with E-state index in [1.54, 1.807) is 24.3 Å². The highest BCUT2D eigenvalue weighted by Gasteiger charge is 2.33. The van der Waals surface area contributed by atoms with Gasteiger partial charge in [0.1, 0.15) is 17.9 Å². The Labute approximate surface area is 130 Å². The average Bonchev–Trinajstić information content (AvgIpc) is 2.55. The Bertz CT molecular complexity index is 517. The van der Waals surface area contributed by atoms with Crippen LogP contribution >= 0.6 is 0 Å². The molecule has 3 rings (SSSR count). The fourth-order valence-corrected chi connectivity index (χ4v) is 3.50. The van der Waals surface area contributed by atoms with Crippen LogP contribution in [0.2, 0.25) is 0 Å². The minimum atomic E-state index is -0.950. The highest BCUT2D eigenvalue weighted by Crippen LogP contribution is 2.28. The third-order valence-corrected chi connectivity index (χ3v) is 4.60. The van der Waals surface area contributed by atoms with Gasteiger partial charge in [-0.05, 0) is 25.0 Å². The molecule has 1 saturated heterocycles. The number of benzene rings is 1. The van der Waals surface area contributed by atoms with Crippen molar-refractivity contribution >= 4 is 5.97 Å². The van der Waals surface area contributed by atoms with E-state index >= 15 is 0 Å². The number of ether oxygens (including phenoxy) is 2. The Kier molecular flexibility index (Phi) is 4.95. The van der Waals surface area contributed by atoms with E-state index in [9.17, 15) is 4.79 Å². The van der Waals surface area contributed by atoms with Gasteiger partial charge in [0.15, 0.2) is 0 Å². The molecular formula is C17H23NO4. The number of hydrogen-bond donors (Lipinski definition) is 1. The molecule has 1 aromatic rings. The summed E-state index contributed by atoms with van der Waals surface area (Å²) in [4.78, 5) is 13.6. The van der Waals surface area contributed by atoms with Gasteiger partial charge in [-0.25, -0.2) is 4.79 Å². The summed E-state index contributed by atoms with van der Waals surface area (Å²) in [7, 11) is 0. The molecular weight excluding hydrogens is 282 g/mol. The van der Waals surface area contributed by atoms with Crippen molar-refractivity contribution in [2.45, 2.75) is 37.8 Å². The number of carbonyl (C=O) groups is 1. The summed E-state index contributed by atoms with van der Waals surface area (Å²) in [5.74, 6) is -0.502. The number of rotatable bonds is 5. The zero-order valence-corrected chi connectivity index (χ0v) is 12.7. The van der Waals surface area contributed by atoms with E-state index in [0.717, 1.165) is 26.1 Å². The minimum Gasteiger partial charge on any atom is -0.491 e. The van der Waals surface area contributed by atoms with E-state index in [2.05, 4.69) is 4.90 Å². The van der Waals surface area contributed by atoms with Crippen molar-refractivity contribution in [2.75, 3.05) is 26.3 Å². The van der Waals surface area contributed by atoms with Crippen molar-refractivity contribution in [2.24, 2.45) is 0 Å². The van der Waals surface area contributed by atoms with E-state index in [1.165, 1.54) is 19.3 Å². The highest BCUT2D eigenvalue weighted by atomic mass is 16.5. The lowest BCUT2D eigenvalue weighted by Crippen LogP contribution is -2.53. The van der Waals surface area contributed by atoms with Gasteiger partial charge >= 0.3 is 5.97 Å². The summed E-state index contributed by atoms with van der Waals surface area (Å²) in [5, 5.41) is 9.16. The van der Waals surface area contributed by atoms with E-state index in [-0.39, 0.29) is 5.56 Å². The fourth-order valence-electron chi connectivity index (χ4n) is 3.50. The summed E-state index contributed by atoms with van der Waals surface area (Å²) in [6, 6.07) is 7.30. The molecule has 0 amide bonds. The van der Waals surface area contributed by atoms with Crippen LogP contribution in [0, 0.1) is 0 Å². The van der Waals surface area contributed by atoms with Crippen molar-refractivity contribution < 1.29 is 19.4 Å². The second-order valence-electron chi connectivity index (χ2n) is 5.95. The molecule has 22 heavy (non-hydrogen) atoms. The zero-order valence-electron chi connectivity index (χ0n) is 12.7. The van der Waals surface area contributed by atoms with Gasteiger partial charge in [0.2, 0.25) is 0 Å². The molecule has 2 atom stereocenters. The molecule has 1 aliphatic heterocycles. The van der Waals surface area contributed by atoms with Crippen LogP contribution < -0.4 is 4.74 Å². The van der Waals surface area contributed by atoms with E-state index in [0.29, 0.717) is 24.5 Å². The standard InChI is InChI=1S/C17H23NO4/c19-17(20)13-5-1-3-7-15(13)21-11-9-18-10-12-22-16-8-4-2-6-14(16)18/h1,3,5,7,14,16H,2,4,6,8-12H2,(H,19,20)/t14-,16+/m1/s1. The molecule has 0 bridgehead atoms. The monoisotopic (exact) mass is 305 g/mol. The van der Waals surface area contributed by atoms with Crippen LogP contribution in [0.3, 0.4) is 0 Å². The maximum absolute atomic E-state index is 11.2. The van der Waals surface area contributed by atoms with Gasteiger partial charge in [-0.1, -0.05) is 25.0 Å². The Morgan fingerprint density at radius 1 is 1.32 bits per heavy atom. The molecule has 0 unspecified atom stereocenters. The first kappa shape index (κ1) is 15.3. The van der Waals surface area contributed by atoms with Crippen molar-refractivity contribution in [3.8, 4) is 5.75 Å². The van der Waals surface area contributed by atoms with E-state index in [4.69, 9.17) is 14.6 Å². The normalized spacial score (nSPS) is 25.5. The van der Waals surface area contributed by atoms with Gasteiger partial charge in [-0.3, -0.25) is 4.90 Å². The highest BCUT2D eigenvalue weighted by molar-refractivity contribution is 5.90. The summed E-state index contributed by atoms with van der Waals surface area (Å²) in [6.07, 6.45) is 5.25. The SMILES string of the molecule is O=C(O)c1ccccc1OCCN1CCO[C@H]2CCCC[C@H]21. The minimum absolute atomic E-state index is 0.222. The smallest absolute Gasteiger partial charge is 0.339 e. The zero-order chi connectivity index (χ0) is 15.4. The number of aromatic carboxylic acids is 1. The van der Waals surface area contributed by atoms with Crippen LogP contribution in [0.4, 0.5) is 0 Å². The molecule has 2 fully saturated rings. The summed E-state index contributed by atoms with van der Waals surface area (Å²) >= 11 is 0.